The summed E-state index contributed by atoms with van der Waals surface area (Å²) >= 11 is 1.75. The lowest BCUT2D eigenvalue weighted by Gasteiger charge is -2.08. The fourth-order valence-electron chi connectivity index (χ4n) is 2.44. The smallest absolute Gasteiger partial charge is 0.255 e. The number of rotatable bonds is 4. The van der Waals surface area contributed by atoms with Crippen molar-refractivity contribution in [1.82, 2.24) is 0 Å². The second kappa shape index (κ2) is 6.67. The number of amides is 1. The predicted octanol–water partition coefficient (Wildman–Crippen LogP) is 4.96. The van der Waals surface area contributed by atoms with E-state index in [1.165, 1.54) is 10.9 Å². The Hall–Kier alpha value is -2.26. The minimum Gasteiger partial charge on any atom is -0.322 e. The molecule has 0 bridgehead atoms. The highest BCUT2D eigenvalue weighted by Crippen LogP contribution is 2.20. The lowest BCUT2D eigenvalue weighted by molar-refractivity contribution is 0.102. The van der Waals surface area contributed by atoms with Crippen molar-refractivity contribution in [2.45, 2.75) is 5.75 Å². The topological polar surface area (TPSA) is 29.1 Å². The molecule has 0 saturated carbocycles. The molecule has 0 aliphatic heterocycles. The van der Waals surface area contributed by atoms with Crippen molar-refractivity contribution in [1.29, 1.82) is 0 Å². The Morgan fingerprint density at radius 3 is 2.59 bits per heavy atom. The molecule has 0 aliphatic carbocycles. The summed E-state index contributed by atoms with van der Waals surface area (Å²) in [5.41, 5.74) is 2.68. The standard InChI is InChI=1S/C19H17NOS/c1-22-13-14-5-4-8-17(11-14)19(21)20-18-10-9-15-6-2-3-7-16(15)12-18/h2-12H,13H2,1H3,(H,20,21). The fourth-order valence-corrected chi connectivity index (χ4v) is 2.95. The van der Waals surface area contributed by atoms with E-state index in [0.717, 1.165) is 16.8 Å². The molecule has 3 rings (SSSR count). The number of nitrogens with one attached hydrogen (secondary N) is 1. The average Bonchev–Trinajstić information content (AvgIpc) is 2.55. The zero-order chi connectivity index (χ0) is 15.4. The highest BCUT2D eigenvalue weighted by atomic mass is 32.2. The van der Waals surface area contributed by atoms with E-state index in [4.69, 9.17) is 0 Å². The Kier molecular flexibility index (Phi) is 4.45. The first-order valence-electron chi connectivity index (χ1n) is 7.14. The summed E-state index contributed by atoms with van der Waals surface area (Å²) in [5, 5.41) is 5.26. The molecule has 0 unspecified atom stereocenters. The monoisotopic (exact) mass is 307 g/mol. The molecule has 1 N–H and O–H groups in total. The Morgan fingerprint density at radius 1 is 0.955 bits per heavy atom. The number of fused-ring (bicyclic) bond motifs is 1. The van der Waals surface area contributed by atoms with E-state index in [1.54, 1.807) is 11.8 Å². The van der Waals surface area contributed by atoms with Crippen molar-refractivity contribution in [3.8, 4) is 0 Å². The van der Waals surface area contributed by atoms with Crippen LogP contribution in [0.1, 0.15) is 15.9 Å². The molecule has 0 aliphatic rings. The highest BCUT2D eigenvalue weighted by Gasteiger charge is 2.07. The van der Waals surface area contributed by atoms with Crippen molar-refractivity contribution < 1.29 is 4.79 Å². The van der Waals surface area contributed by atoms with Gasteiger partial charge < -0.3 is 5.32 Å². The van der Waals surface area contributed by atoms with E-state index in [0.29, 0.717) is 5.56 Å². The SMILES string of the molecule is CSCc1cccc(C(=O)Nc2ccc3ccccc3c2)c1. The fraction of sp³-hybridized carbons (Fsp3) is 0.105. The summed E-state index contributed by atoms with van der Waals surface area (Å²) in [6.45, 7) is 0. The second-order valence-electron chi connectivity index (χ2n) is 5.15. The van der Waals surface area contributed by atoms with Crippen LogP contribution in [0.3, 0.4) is 0 Å². The molecule has 0 aromatic heterocycles. The first-order valence-corrected chi connectivity index (χ1v) is 8.54. The zero-order valence-corrected chi connectivity index (χ0v) is 13.2. The van der Waals surface area contributed by atoms with Crippen LogP contribution in [0.4, 0.5) is 5.69 Å². The third-order valence-corrected chi connectivity index (χ3v) is 4.13. The molecule has 0 atom stereocenters. The van der Waals surface area contributed by atoms with Gasteiger partial charge in [-0.1, -0.05) is 42.5 Å². The molecular formula is C19H17NOS. The zero-order valence-electron chi connectivity index (χ0n) is 12.4. The Bertz CT molecular complexity index is 813. The van der Waals surface area contributed by atoms with E-state index in [-0.39, 0.29) is 5.91 Å². The average molecular weight is 307 g/mol. The van der Waals surface area contributed by atoms with Gasteiger partial charge in [-0.05, 0) is 46.9 Å². The molecule has 110 valence electrons. The summed E-state index contributed by atoms with van der Waals surface area (Å²) in [6.07, 6.45) is 2.06. The second-order valence-corrected chi connectivity index (χ2v) is 6.02. The van der Waals surface area contributed by atoms with Crippen LogP contribution in [-0.4, -0.2) is 12.2 Å². The van der Waals surface area contributed by atoms with Gasteiger partial charge >= 0.3 is 0 Å². The molecule has 0 saturated heterocycles. The van der Waals surface area contributed by atoms with Crippen molar-refractivity contribution in [2.75, 3.05) is 11.6 Å². The number of hydrogen-bond donors (Lipinski definition) is 1. The third-order valence-electron chi connectivity index (χ3n) is 3.51. The maximum atomic E-state index is 12.4. The van der Waals surface area contributed by atoms with Gasteiger partial charge in [0, 0.05) is 17.0 Å². The molecule has 3 aromatic rings. The van der Waals surface area contributed by atoms with Crippen molar-refractivity contribution in [3.05, 3.63) is 77.9 Å². The molecule has 22 heavy (non-hydrogen) atoms. The maximum Gasteiger partial charge on any atom is 0.255 e. The molecule has 2 nitrogen and oxygen atoms in total. The number of carbonyl (C=O) groups excluding carboxylic acids is 1. The van der Waals surface area contributed by atoms with Crippen LogP contribution < -0.4 is 5.32 Å². The van der Waals surface area contributed by atoms with E-state index in [2.05, 4.69) is 17.6 Å². The molecular weight excluding hydrogens is 290 g/mol. The summed E-state index contributed by atoms with van der Waals surface area (Å²) in [6, 6.07) is 21.9. The third kappa shape index (κ3) is 3.31. The van der Waals surface area contributed by atoms with Gasteiger partial charge in [-0.2, -0.15) is 11.8 Å². The van der Waals surface area contributed by atoms with Crippen molar-refractivity contribution in [2.24, 2.45) is 0 Å². The van der Waals surface area contributed by atoms with Gasteiger partial charge in [-0.3, -0.25) is 4.79 Å². The van der Waals surface area contributed by atoms with Crippen LogP contribution >= 0.6 is 11.8 Å². The quantitative estimate of drug-likeness (QED) is 0.738. The minimum atomic E-state index is -0.0711. The lowest BCUT2D eigenvalue weighted by Crippen LogP contribution is -2.12. The molecule has 3 aromatic carbocycles. The van der Waals surface area contributed by atoms with E-state index in [9.17, 15) is 4.79 Å². The van der Waals surface area contributed by atoms with Gasteiger partial charge in [0.1, 0.15) is 0 Å². The van der Waals surface area contributed by atoms with Crippen LogP contribution in [0.5, 0.6) is 0 Å². The van der Waals surface area contributed by atoms with Crippen molar-refractivity contribution in [3.63, 3.8) is 0 Å². The first kappa shape index (κ1) is 14.7. The van der Waals surface area contributed by atoms with Crippen LogP contribution in [0.15, 0.2) is 66.7 Å². The van der Waals surface area contributed by atoms with Crippen LogP contribution in [-0.2, 0) is 5.75 Å². The van der Waals surface area contributed by atoms with Gasteiger partial charge in [0.25, 0.3) is 5.91 Å². The minimum absolute atomic E-state index is 0.0711. The van der Waals surface area contributed by atoms with E-state index in [1.807, 2.05) is 60.7 Å². The Morgan fingerprint density at radius 2 is 1.77 bits per heavy atom. The van der Waals surface area contributed by atoms with Gasteiger partial charge in [-0.25, -0.2) is 0 Å². The Labute approximate surface area is 134 Å². The van der Waals surface area contributed by atoms with Crippen LogP contribution in [0.25, 0.3) is 10.8 Å². The lowest BCUT2D eigenvalue weighted by atomic mass is 10.1. The molecule has 0 spiro atoms. The molecule has 0 fully saturated rings. The largest absolute Gasteiger partial charge is 0.322 e. The summed E-state index contributed by atoms with van der Waals surface area (Å²) in [4.78, 5) is 12.4. The van der Waals surface area contributed by atoms with Gasteiger partial charge in [-0.15, -0.1) is 0 Å². The highest BCUT2D eigenvalue weighted by molar-refractivity contribution is 7.97. The number of anilines is 1. The summed E-state index contributed by atoms with van der Waals surface area (Å²) in [5.74, 6) is 0.843. The normalized spacial score (nSPS) is 10.6. The maximum absolute atomic E-state index is 12.4. The van der Waals surface area contributed by atoms with Gasteiger partial charge in [0.05, 0.1) is 0 Å². The molecule has 3 heteroatoms. The summed E-state index contributed by atoms with van der Waals surface area (Å²) < 4.78 is 0. The number of benzene rings is 3. The number of carbonyl (C=O) groups is 1. The Balaban J connectivity index is 1.81. The van der Waals surface area contributed by atoms with E-state index >= 15 is 0 Å². The molecule has 0 radical (unpaired) electrons. The number of hydrogen-bond acceptors (Lipinski definition) is 2. The molecule has 0 heterocycles. The van der Waals surface area contributed by atoms with Crippen molar-refractivity contribution >= 4 is 34.1 Å². The van der Waals surface area contributed by atoms with Gasteiger partial charge in [0.15, 0.2) is 0 Å². The number of thioether (sulfide) groups is 1. The van der Waals surface area contributed by atoms with Crippen LogP contribution in [0.2, 0.25) is 0 Å². The first-order chi connectivity index (χ1) is 10.8. The van der Waals surface area contributed by atoms with Gasteiger partial charge in [0.2, 0.25) is 0 Å². The molecule has 1 amide bonds. The van der Waals surface area contributed by atoms with E-state index < -0.39 is 0 Å². The van der Waals surface area contributed by atoms with Crippen LogP contribution in [0, 0.1) is 0 Å². The summed E-state index contributed by atoms with van der Waals surface area (Å²) in [7, 11) is 0. The predicted molar refractivity (Wildman–Crippen MR) is 95.6 cm³/mol.